The summed E-state index contributed by atoms with van der Waals surface area (Å²) in [5, 5.41) is 0. The van der Waals surface area contributed by atoms with Crippen LogP contribution < -0.4 is 0 Å². The van der Waals surface area contributed by atoms with Gasteiger partial charge in [0, 0.05) is 25.2 Å². The molecule has 2 nitrogen and oxygen atoms in total. The highest BCUT2D eigenvalue weighted by atomic mass is 15.3. The van der Waals surface area contributed by atoms with Gasteiger partial charge in [-0.2, -0.15) is 0 Å². The normalized spacial score (nSPS) is 38.4. The van der Waals surface area contributed by atoms with Crippen molar-refractivity contribution in [1.82, 2.24) is 9.80 Å². The summed E-state index contributed by atoms with van der Waals surface area (Å²) in [5.74, 6) is 0. The zero-order valence-electron chi connectivity index (χ0n) is 7.46. The average molecular weight is 142 g/mol. The molecule has 1 aliphatic heterocycles. The van der Waals surface area contributed by atoms with Crippen LogP contribution >= 0.6 is 0 Å². The molecule has 0 aromatic carbocycles. The largest absolute Gasteiger partial charge is 0.301 e. The first kappa shape index (κ1) is 8.02. The number of hydrogen-bond donors (Lipinski definition) is 0. The highest BCUT2D eigenvalue weighted by molar-refractivity contribution is 4.79. The van der Waals surface area contributed by atoms with E-state index in [2.05, 4.69) is 37.7 Å². The summed E-state index contributed by atoms with van der Waals surface area (Å²) in [6, 6.07) is 1.45. The van der Waals surface area contributed by atoms with Crippen molar-refractivity contribution in [3.63, 3.8) is 0 Å². The molecule has 0 unspecified atom stereocenters. The molecule has 0 spiro atoms. The molecule has 10 heavy (non-hydrogen) atoms. The molecular weight excluding hydrogens is 124 g/mol. The summed E-state index contributed by atoms with van der Waals surface area (Å²) in [6.07, 6.45) is 0. The van der Waals surface area contributed by atoms with Gasteiger partial charge in [-0.05, 0) is 27.9 Å². The Hall–Kier alpha value is -0.0800. The lowest BCUT2D eigenvalue weighted by atomic mass is 10.1. The second-order valence-electron chi connectivity index (χ2n) is 3.58. The van der Waals surface area contributed by atoms with Crippen LogP contribution in [0.1, 0.15) is 13.8 Å². The molecule has 0 bridgehead atoms. The predicted octanol–water partition coefficient (Wildman–Crippen LogP) is 0.641. The van der Waals surface area contributed by atoms with Crippen molar-refractivity contribution in [2.45, 2.75) is 25.9 Å². The first-order chi connectivity index (χ1) is 4.61. The Morgan fingerprint density at radius 2 is 1.20 bits per heavy atom. The topological polar surface area (TPSA) is 6.48 Å². The number of likely N-dealkylation sites (N-methyl/N-ethyl adjacent to an activating group) is 2. The van der Waals surface area contributed by atoms with E-state index in [0.29, 0.717) is 0 Å². The molecule has 2 atom stereocenters. The van der Waals surface area contributed by atoms with Gasteiger partial charge in [-0.3, -0.25) is 0 Å². The van der Waals surface area contributed by atoms with E-state index in [9.17, 15) is 0 Å². The highest BCUT2D eigenvalue weighted by Gasteiger charge is 2.22. The van der Waals surface area contributed by atoms with Crippen LogP contribution in [0.3, 0.4) is 0 Å². The summed E-state index contributed by atoms with van der Waals surface area (Å²) in [4.78, 5) is 4.84. The second-order valence-corrected chi connectivity index (χ2v) is 3.58. The first-order valence-corrected chi connectivity index (χ1v) is 4.01. The fourth-order valence-corrected chi connectivity index (χ4v) is 1.47. The Morgan fingerprint density at radius 1 is 0.900 bits per heavy atom. The van der Waals surface area contributed by atoms with Crippen LogP contribution in [-0.2, 0) is 0 Å². The number of piperazine rings is 1. The SMILES string of the molecule is C[C@H]1CN(C)[C@@H](C)CN1C. The van der Waals surface area contributed by atoms with Gasteiger partial charge < -0.3 is 9.80 Å². The van der Waals surface area contributed by atoms with Crippen LogP contribution in [-0.4, -0.2) is 49.1 Å². The number of rotatable bonds is 0. The molecule has 60 valence electrons. The molecule has 0 saturated carbocycles. The summed E-state index contributed by atoms with van der Waals surface area (Å²) in [6.45, 7) is 6.97. The smallest absolute Gasteiger partial charge is 0.0192 e. The quantitative estimate of drug-likeness (QED) is 0.490. The van der Waals surface area contributed by atoms with Crippen LogP contribution in [0.5, 0.6) is 0 Å². The maximum absolute atomic E-state index is 2.42. The lowest BCUT2D eigenvalue weighted by Crippen LogP contribution is -2.53. The van der Waals surface area contributed by atoms with Crippen molar-refractivity contribution in [1.29, 1.82) is 0 Å². The molecule has 0 aliphatic carbocycles. The highest BCUT2D eigenvalue weighted by Crippen LogP contribution is 2.09. The van der Waals surface area contributed by atoms with Crippen LogP contribution in [0, 0.1) is 0 Å². The first-order valence-electron chi connectivity index (χ1n) is 4.01. The fraction of sp³-hybridized carbons (Fsp3) is 1.00. The van der Waals surface area contributed by atoms with Crippen LogP contribution in [0.25, 0.3) is 0 Å². The third-order valence-electron chi connectivity index (χ3n) is 2.61. The van der Waals surface area contributed by atoms with Crippen LogP contribution in [0.2, 0.25) is 0 Å². The molecule has 0 amide bonds. The molecule has 1 aliphatic rings. The minimum absolute atomic E-state index is 0.723. The van der Waals surface area contributed by atoms with Gasteiger partial charge in [-0.1, -0.05) is 0 Å². The van der Waals surface area contributed by atoms with Gasteiger partial charge in [0.05, 0.1) is 0 Å². The molecule has 0 aromatic heterocycles. The molecule has 2 heteroatoms. The Bertz CT molecular complexity index is 87.8. The molecule has 1 heterocycles. The Balaban J connectivity index is 2.46. The van der Waals surface area contributed by atoms with E-state index in [-0.39, 0.29) is 0 Å². The van der Waals surface area contributed by atoms with Crippen molar-refractivity contribution < 1.29 is 0 Å². The molecule has 0 aromatic rings. The van der Waals surface area contributed by atoms with E-state index >= 15 is 0 Å². The summed E-state index contributed by atoms with van der Waals surface area (Å²) in [5.41, 5.74) is 0. The zero-order chi connectivity index (χ0) is 7.72. The van der Waals surface area contributed by atoms with Gasteiger partial charge in [0.1, 0.15) is 0 Å². The molecule has 1 fully saturated rings. The summed E-state index contributed by atoms with van der Waals surface area (Å²) in [7, 11) is 4.41. The van der Waals surface area contributed by atoms with Gasteiger partial charge in [-0.15, -0.1) is 0 Å². The van der Waals surface area contributed by atoms with E-state index in [1.54, 1.807) is 0 Å². The van der Waals surface area contributed by atoms with Crippen molar-refractivity contribution in [3.05, 3.63) is 0 Å². The molecule has 1 saturated heterocycles. The predicted molar refractivity (Wildman–Crippen MR) is 44.2 cm³/mol. The maximum atomic E-state index is 2.42. The van der Waals surface area contributed by atoms with E-state index < -0.39 is 0 Å². The van der Waals surface area contributed by atoms with Crippen molar-refractivity contribution >= 4 is 0 Å². The molecule has 0 N–H and O–H groups in total. The molecule has 1 rings (SSSR count). The lowest BCUT2D eigenvalue weighted by Gasteiger charge is -2.40. The fourth-order valence-electron chi connectivity index (χ4n) is 1.47. The minimum Gasteiger partial charge on any atom is -0.301 e. The summed E-state index contributed by atoms with van der Waals surface area (Å²) < 4.78 is 0. The lowest BCUT2D eigenvalue weighted by molar-refractivity contribution is 0.0803. The van der Waals surface area contributed by atoms with Crippen molar-refractivity contribution in [2.75, 3.05) is 27.2 Å². The molecule has 0 radical (unpaired) electrons. The molecular formula is C8H18N2. The Morgan fingerprint density at radius 3 is 1.50 bits per heavy atom. The van der Waals surface area contributed by atoms with E-state index in [1.165, 1.54) is 13.1 Å². The minimum atomic E-state index is 0.723. The van der Waals surface area contributed by atoms with Crippen molar-refractivity contribution in [2.24, 2.45) is 0 Å². The zero-order valence-corrected chi connectivity index (χ0v) is 7.46. The average Bonchev–Trinajstić information content (AvgIpc) is 1.84. The van der Waals surface area contributed by atoms with Gasteiger partial charge in [0.2, 0.25) is 0 Å². The van der Waals surface area contributed by atoms with Gasteiger partial charge >= 0.3 is 0 Å². The number of hydrogen-bond acceptors (Lipinski definition) is 2. The van der Waals surface area contributed by atoms with Gasteiger partial charge in [0.25, 0.3) is 0 Å². The van der Waals surface area contributed by atoms with Crippen LogP contribution in [0.15, 0.2) is 0 Å². The van der Waals surface area contributed by atoms with E-state index in [1.807, 2.05) is 0 Å². The number of nitrogens with zero attached hydrogens (tertiary/aromatic N) is 2. The maximum Gasteiger partial charge on any atom is 0.0192 e. The van der Waals surface area contributed by atoms with Crippen LogP contribution in [0.4, 0.5) is 0 Å². The third-order valence-corrected chi connectivity index (χ3v) is 2.61. The van der Waals surface area contributed by atoms with E-state index in [4.69, 9.17) is 0 Å². The third kappa shape index (κ3) is 1.50. The Labute approximate surface area is 63.8 Å². The monoisotopic (exact) mass is 142 g/mol. The van der Waals surface area contributed by atoms with E-state index in [0.717, 1.165) is 12.1 Å². The second kappa shape index (κ2) is 2.89. The standard InChI is InChI=1S/C8H18N2/c1-7-5-10(4)8(2)6-9(7)3/h7-8H,5-6H2,1-4H3/t7-,8-/m0/s1. The van der Waals surface area contributed by atoms with Crippen molar-refractivity contribution in [3.8, 4) is 0 Å². The summed E-state index contributed by atoms with van der Waals surface area (Å²) >= 11 is 0. The van der Waals surface area contributed by atoms with Gasteiger partial charge in [-0.25, -0.2) is 0 Å². The Kier molecular flexibility index (Phi) is 2.32. The van der Waals surface area contributed by atoms with Gasteiger partial charge in [0.15, 0.2) is 0 Å².